The second-order valence-electron chi connectivity index (χ2n) is 3.14. The predicted octanol–water partition coefficient (Wildman–Crippen LogP) is 2.03. The maximum absolute atomic E-state index is 11.3. The molecule has 1 aromatic rings. The summed E-state index contributed by atoms with van der Waals surface area (Å²) in [5.74, 6) is -0.313. The molecule has 0 saturated heterocycles. The van der Waals surface area contributed by atoms with E-state index in [0.717, 1.165) is 19.4 Å². The predicted molar refractivity (Wildman–Crippen MR) is 57.6 cm³/mol. The van der Waals surface area contributed by atoms with Gasteiger partial charge >= 0.3 is 5.97 Å². The van der Waals surface area contributed by atoms with E-state index < -0.39 is 0 Å². The molecular formula is C11H16N2O2. The monoisotopic (exact) mass is 208 g/mol. The van der Waals surface area contributed by atoms with Crippen molar-refractivity contribution in [2.45, 2.75) is 26.3 Å². The van der Waals surface area contributed by atoms with Gasteiger partial charge in [0.25, 0.3) is 0 Å². The molecule has 1 rings (SSSR count). The summed E-state index contributed by atoms with van der Waals surface area (Å²) >= 11 is 0. The molecule has 4 nitrogen and oxygen atoms in total. The van der Waals surface area contributed by atoms with Crippen LogP contribution in [-0.4, -0.2) is 22.4 Å². The average Bonchev–Trinajstić information content (AvgIpc) is 2.67. The van der Waals surface area contributed by atoms with Crippen LogP contribution in [0.2, 0.25) is 0 Å². The van der Waals surface area contributed by atoms with Crippen molar-refractivity contribution in [3.05, 3.63) is 30.6 Å². The van der Waals surface area contributed by atoms with Gasteiger partial charge in [-0.2, -0.15) is 5.10 Å². The number of unbranched alkanes of at least 4 members (excludes halogenated alkanes) is 1. The minimum atomic E-state index is -0.313. The number of aromatic nitrogens is 2. The molecule has 0 radical (unpaired) electrons. The number of carbonyl (C=O) groups is 1. The van der Waals surface area contributed by atoms with E-state index >= 15 is 0 Å². The van der Waals surface area contributed by atoms with Crippen LogP contribution in [-0.2, 0) is 11.3 Å². The lowest BCUT2D eigenvalue weighted by Gasteiger charge is -1.98. The van der Waals surface area contributed by atoms with Crippen molar-refractivity contribution in [3.63, 3.8) is 0 Å². The van der Waals surface area contributed by atoms with Crippen molar-refractivity contribution in [1.29, 1.82) is 0 Å². The standard InChI is InChI=1S/C11H16N2O2/c1-3-5-6-7-13-9-10(8-12-13)11(14)15-4-2/h3,8-9H,1,4-7H2,2H3. The summed E-state index contributed by atoms with van der Waals surface area (Å²) in [7, 11) is 0. The first-order valence-electron chi connectivity index (χ1n) is 5.08. The molecular weight excluding hydrogens is 192 g/mol. The molecule has 0 amide bonds. The van der Waals surface area contributed by atoms with E-state index in [2.05, 4.69) is 11.7 Å². The largest absolute Gasteiger partial charge is 0.462 e. The Morgan fingerprint density at radius 1 is 1.73 bits per heavy atom. The molecule has 0 bridgehead atoms. The zero-order chi connectivity index (χ0) is 11.1. The average molecular weight is 208 g/mol. The highest BCUT2D eigenvalue weighted by molar-refractivity contribution is 5.88. The van der Waals surface area contributed by atoms with Crippen LogP contribution in [0.15, 0.2) is 25.0 Å². The van der Waals surface area contributed by atoms with Gasteiger partial charge in [0.05, 0.1) is 18.4 Å². The molecule has 0 aromatic carbocycles. The number of aryl methyl sites for hydroxylation is 1. The van der Waals surface area contributed by atoms with Crippen LogP contribution in [0, 0.1) is 0 Å². The van der Waals surface area contributed by atoms with Crippen molar-refractivity contribution in [2.75, 3.05) is 6.61 Å². The van der Waals surface area contributed by atoms with Gasteiger partial charge in [0.15, 0.2) is 0 Å². The minimum Gasteiger partial charge on any atom is -0.462 e. The van der Waals surface area contributed by atoms with Crippen LogP contribution in [0.5, 0.6) is 0 Å². The van der Waals surface area contributed by atoms with Gasteiger partial charge in [-0.1, -0.05) is 6.08 Å². The zero-order valence-electron chi connectivity index (χ0n) is 8.98. The fourth-order valence-corrected chi connectivity index (χ4v) is 1.20. The Hall–Kier alpha value is -1.58. The molecule has 1 aromatic heterocycles. The van der Waals surface area contributed by atoms with E-state index in [4.69, 9.17) is 4.74 Å². The molecule has 4 heteroatoms. The Morgan fingerprint density at radius 2 is 2.53 bits per heavy atom. The van der Waals surface area contributed by atoms with Gasteiger partial charge in [-0.3, -0.25) is 4.68 Å². The minimum absolute atomic E-state index is 0.313. The highest BCUT2D eigenvalue weighted by Gasteiger charge is 2.08. The smallest absolute Gasteiger partial charge is 0.341 e. The number of rotatable bonds is 6. The first-order chi connectivity index (χ1) is 7.27. The molecule has 0 fully saturated rings. The normalized spacial score (nSPS) is 9.93. The summed E-state index contributed by atoms with van der Waals surface area (Å²) < 4.78 is 6.60. The Balaban J connectivity index is 2.48. The fourth-order valence-electron chi connectivity index (χ4n) is 1.20. The van der Waals surface area contributed by atoms with Gasteiger partial charge in [-0.15, -0.1) is 6.58 Å². The molecule has 0 aliphatic rings. The maximum Gasteiger partial charge on any atom is 0.341 e. The topological polar surface area (TPSA) is 44.1 Å². The summed E-state index contributed by atoms with van der Waals surface area (Å²) in [6, 6.07) is 0. The summed E-state index contributed by atoms with van der Waals surface area (Å²) in [4.78, 5) is 11.3. The molecule has 0 spiro atoms. The van der Waals surface area contributed by atoms with E-state index in [0.29, 0.717) is 12.2 Å². The van der Waals surface area contributed by atoms with Crippen LogP contribution in [0.1, 0.15) is 30.1 Å². The Bertz CT molecular complexity index is 331. The highest BCUT2D eigenvalue weighted by Crippen LogP contribution is 2.02. The van der Waals surface area contributed by atoms with Crippen LogP contribution >= 0.6 is 0 Å². The van der Waals surface area contributed by atoms with Gasteiger partial charge in [0, 0.05) is 12.7 Å². The number of esters is 1. The quantitative estimate of drug-likeness (QED) is 0.408. The van der Waals surface area contributed by atoms with Crippen molar-refractivity contribution in [2.24, 2.45) is 0 Å². The molecule has 0 unspecified atom stereocenters. The van der Waals surface area contributed by atoms with Gasteiger partial charge in [0.1, 0.15) is 0 Å². The SMILES string of the molecule is C=CCCCn1cc(C(=O)OCC)cn1. The molecule has 1 heterocycles. The lowest BCUT2D eigenvalue weighted by molar-refractivity contribution is 0.0526. The first-order valence-corrected chi connectivity index (χ1v) is 5.08. The van der Waals surface area contributed by atoms with Crippen molar-refractivity contribution in [1.82, 2.24) is 9.78 Å². The van der Waals surface area contributed by atoms with Gasteiger partial charge in [-0.25, -0.2) is 4.79 Å². The number of nitrogens with zero attached hydrogens (tertiary/aromatic N) is 2. The van der Waals surface area contributed by atoms with Crippen LogP contribution in [0.25, 0.3) is 0 Å². The first kappa shape index (κ1) is 11.5. The summed E-state index contributed by atoms with van der Waals surface area (Å²) in [5.41, 5.74) is 0.510. The third-order valence-corrected chi connectivity index (χ3v) is 1.94. The van der Waals surface area contributed by atoms with Crippen molar-refractivity contribution >= 4 is 5.97 Å². The second kappa shape index (κ2) is 6.01. The van der Waals surface area contributed by atoms with Crippen molar-refractivity contribution in [3.8, 4) is 0 Å². The lowest BCUT2D eigenvalue weighted by atomic mass is 10.3. The zero-order valence-corrected chi connectivity index (χ0v) is 8.98. The Kier molecular flexibility index (Phi) is 4.60. The lowest BCUT2D eigenvalue weighted by Crippen LogP contribution is -2.03. The molecule has 0 aliphatic heterocycles. The van der Waals surface area contributed by atoms with Gasteiger partial charge < -0.3 is 4.74 Å². The van der Waals surface area contributed by atoms with E-state index in [1.54, 1.807) is 17.8 Å². The number of allylic oxidation sites excluding steroid dienone is 1. The Labute approximate surface area is 89.5 Å². The summed E-state index contributed by atoms with van der Waals surface area (Å²) in [6.07, 6.45) is 7.05. The van der Waals surface area contributed by atoms with Crippen LogP contribution < -0.4 is 0 Å². The third kappa shape index (κ3) is 3.58. The molecule has 0 atom stereocenters. The Morgan fingerprint density at radius 3 is 3.20 bits per heavy atom. The van der Waals surface area contributed by atoms with Gasteiger partial charge in [-0.05, 0) is 19.8 Å². The molecule has 0 N–H and O–H groups in total. The molecule has 82 valence electrons. The molecule has 15 heavy (non-hydrogen) atoms. The number of carbonyl (C=O) groups excluding carboxylic acids is 1. The second-order valence-corrected chi connectivity index (χ2v) is 3.14. The highest BCUT2D eigenvalue weighted by atomic mass is 16.5. The number of ether oxygens (including phenoxy) is 1. The fraction of sp³-hybridized carbons (Fsp3) is 0.455. The van der Waals surface area contributed by atoms with Crippen molar-refractivity contribution < 1.29 is 9.53 Å². The summed E-state index contributed by atoms with van der Waals surface area (Å²) in [6.45, 7) is 6.62. The van der Waals surface area contributed by atoms with E-state index in [1.807, 2.05) is 6.08 Å². The third-order valence-electron chi connectivity index (χ3n) is 1.94. The van der Waals surface area contributed by atoms with Gasteiger partial charge in [0.2, 0.25) is 0 Å². The molecule has 0 aliphatic carbocycles. The number of hydrogen-bond acceptors (Lipinski definition) is 3. The van der Waals surface area contributed by atoms with E-state index in [-0.39, 0.29) is 5.97 Å². The number of hydrogen-bond donors (Lipinski definition) is 0. The molecule has 0 saturated carbocycles. The van der Waals surface area contributed by atoms with Crippen LogP contribution in [0.4, 0.5) is 0 Å². The van der Waals surface area contributed by atoms with E-state index in [1.165, 1.54) is 6.20 Å². The van der Waals surface area contributed by atoms with Crippen LogP contribution in [0.3, 0.4) is 0 Å². The maximum atomic E-state index is 11.3. The summed E-state index contributed by atoms with van der Waals surface area (Å²) in [5, 5.41) is 4.07. The van der Waals surface area contributed by atoms with E-state index in [9.17, 15) is 4.79 Å².